The Kier molecular flexibility index (Phi) is 7.45. The average molecular weight is 405 g/mol. The number of hydrogen-bond donors (Lipinski definition) is 1. The molecule has 1 heterocycles. The topological polar surface area (TPSA) is 55.9 Å². The Hall–Kier alpha value is -0.930. The smallest absolute Gasteiger partial charge is 0.244 e. The third kappa shape index (κ3) is 5.52. The van der Waals surface area contributed by atoms with Crippen LogP contribution >= 0.6 is 23.8 Å². The molecule has 1 fully saturated rings. The first-order chi connectivity index (χ1) is 11.8. The fourth-order valence-electron chi connectivity index (χ4n) is 2.63. The van der Waals surface area contributed by atoms with Gasteiger partial charge in [-0.3, -0.25) is 0 Å². The molecule has 1 aromatic carbocycles. The largest absolute Gasteiger partial charge is 0.363 e. The van der Waals surface area contributed by atoms with E-state index in [-0.39, 0.29) is 9.92 Å². The standard InChI is InChI=1S/C16H25ClN4O2S2/c1-19(2)9-5-8-18-16(24)20-10-12-21(13-11-20)25(22,23)15-7-4-3-6-14(15)17/h3-4,6-7H,5,8-13H2,1-2H3,(H,18,24). The molecule has 9 heteroatoms. The molecule has 2 rings (SSSR count). The number of hydrogen-bond acceptors (Lipinski definition) is 4. The normalized spacial score (nSPS) is 16.2. The van der Waals surface area contributed by atoms with Crippen molar-refractivity contribution < 1.29 is 8.42 Å². The zero-order chi connectivity index (χ0) is 18.4. The first-order valence-electron chi connectivity index (χ1n) is 8.24. The zero-order valence-electron chi connectivity index (χ0n) is 14.6. The second-order valence-corrected chi connectivity index (χ2v) is 8.91. The lowest BCUT2D eigenvalue weighted by Crippen LogP contribution is -2.53. The molecule has 0 aromatic heterocycles. The van der Waals surface area contributed by atoms with Crippen molar-refractivity contribution in [3.8, 4) is 0 Å². The summed E-state index contributed by atoms with van der Waals surface area (Å²) in [5.74, 6) is 0. The molecule has 1 saturated heterocycles. The molecule has 0 saturated carbocycles. The third-order valence-electron chi connectivity index (χ3n) is 4.04. The molecule has 0 radical (unpaired) electrons. The highest BCUT2D eigenvalue weighted by Gasteiger charge is 2.30. The van der Waals surface area contributed by atoms with E-state index in [1.54, 1.807) is 24.3 Å². The van der Waals surface area contributed by atoms with Crippen LogP contribution in [0, 0.1) is 0 Å². The van der Waals surface area contributed by atoms with Crippen LogP contribution in [0.25, 0.3) is 0 Å². The minimum absolute atomic E-state index is 0.162. The van der Waals surface area contributed by atoms with Gasteiger partial charge in [-0.15, -0.1) is 0 Å². The fraction of sp³-hybridized carbons (Fsp3) is 0.562. The molecule has 0 aliphatic carbocycles. The molecule has 25 heavy (non-hydrogen) atoms. The van der Waals surface area contributed by atoms with Crippen molar-refractivity contribution in [3.05, 3.63) is 29.3 Å². The second-order valence-electron chi connectivity index (χ2n) is 6.21. The van der Waals surface area contributed by atoms with Gasteiger partial charge in [0.1, 0.15) is 4.90 Å². The summed E-state index contributed by atoms with van der Waals surface area (Å²) < 4.78 is 26.9. The predicted octanol–water partition coefficient (Wildman–Crippen LogP) is 1.47. The molecule has 1 aromatic rings. The Morgan fingerprint density at radius 2 is 1.88 bits per heavy atom. The van der Waals surface area contributed by atoms with E-state index in [2.05, 4.69) is 10.2 Å². The molecule has 0 atom stereocenters. The van der Waals surface area contributed by atoms with E-state index in [0.717, 1.165) is 19.5 Å². The number of halogens is 1. The minimum atomic E-state index is -3.57. The van der Waals surface area contributed by atoms with Gasteiger partial charge in [0.15, 0.2) is 5.11 Å². The summed E-state index contributed by atoms with van der Waals surface area (Å²) in [7, 11) is 0.511. The van der Waals surface area contributed by atoms with Crippen molar-refractivity contribution in [2.24, 2.45) is 0 Å². The van der Waals surface area contributed by atoms with Crippen LogP contribution in [0.3, 0.4) is 0 Å². The van der Waals surface area contributed by atoms with Gasteiger partial charge in [0.25, 0.3) is 0 Å². The number of nitrogens with zero attached hydrogens (tertiary/aromatic N) is 3. The molecular formula is C16H25ClN4O2S2. The predicted molar refractivity (Wildman–Crippen MR) is 106 cm³/mol. The van der Waals surface area contributed by atoms with Crippen molar-refractivity contribution in [1.29, 1.82) is 0 Å². The highest BCUT2D eigenvalue weighted by atomic mass is 35.5. The lowest BCUT2D eigenvalue weighted by molar-refractivity contribution is 0.263. The van der Waals surface area contributed by atoms with Crippen LogP contribution in [-0.4, -0.2) is 81.0 Å². The molecule has 1 aliphatic rings. The van der Waals surface area contributed by atoms with Crippen LogP contribution in [0.15, 0.2) is 29.2 Å². The molecule has 1 N–H and O–H groups in total. The second kappa shape index (κ2) is 9.14. The molecule has 1 aliphatic heterocycles. The number of benzene rings is 1. The first-order valence-corrected chi connectivity index (χ1v) is 10.5. The Balaban J connectivity index is 1.87. The number of rotatable bonds is 6. The van der Waals surface area contributed by atoms with Crippen molar-refractivity contribution in [2.45, 2.75) is 11.3 Å². The summed E-state index contributed by atoms with van der Waals surface area (Å²) in [6.07, 6.45) is 1.01. The molecule has 0 spiro atoms. The van der Waals surface area contributed by atoms with Crippen LogP contribution in [0.4, 0.5) is 0 Å². The molecule has 0 unspecified atom stereocenters. The Morgan fingerprint density at radius 1 is 1.24 bits per heavy atom. The first kappa shape index (κ1) is 20.4. The lowest BCUT2D eigenvalue weighted by Gasteiger charge is -2.35. The molecule has 140 valence electrons. The van der Waals surface area contributed by atoms with Crippen LogP contribution in [0.2, 0.25) is 5.02 Å². The van der Waals surface area contributed by atoms with E-state index in [4.69, 9.17) is 23.8 Å². The van der Waals surface area contributed by atoms with Gasteiger partial charge in [-0.25, -0.2) is 8.42 Å². The van der Waals surface area contributed by atoms with Gasteiger partial charge in [-0.05, 0) is 51.4 Å². The van der Waals surface area contributed by atoms with Crippen molar-refractivity contribution in [1.82, 2.24) is 19.4 Å². The average Bonchev–Trinajstić information content (AvgIpc) is 2.58. The summed E-state index contributed by atoms with van der Waals surface area (Å²) in [5.41, 5.74) is 0. The van der Waals surface area contributed by atoms with Gasteiger partial charge in [-0.1, -0.05) is 23.7 Å². The van der Waals surface area contributed by atoms with Gasteiger partial charge in [0.05, 0.1) is 5.02 Å². The van der Waals surface area contributed by atoms with Gasteiger partial charge in [0, 0.05) is 32.7 Å². The van der Waals surface area contributed by atoms with E-state index < -0.39 is 10.0 Å². The number of piperazine rings is 1. The lowest BCUT2D eigenvalue weighted by atomic mass is 10.4. The molecule has 6 nitrogen and oxygen atoms in total. The van der Waals surface area contributed by atoms with Gasteiger partial charge in [-0.2, -0.15) is 4.31 Å². The Labute approximate surface area is 160 Å². The van der Waals surface area contributed by atoms with Crippen LogP contribution in [-0.2, 0) is 10.0 Å². The van der Waals surface area contributed by atoms with E-state index >= 15 is 0 Å². The molecule has 0 amide bonds. The number of sulfonamides is 1. The summed E-state index contributed by atoms with van der Waals surface area (Å²) in [4.78, 5) is 4.31. The van der Waals surface area contributed by atoms with Crippen molar-refractivity contribution in [2.75, 3.05) is 53.4 Å². The zero-order valence-corrected chi connectivity index (χ0v) is 17.0. The monoisotopic (exact) mass is 404 g/mol. The highest BCUT2D eigenvalue weighted by molar-refractivity contribution is 7.89. The fourth-order valence-corrected chi connectivity index (χ4v) is 4.83. The van der Waals surface area contributed by atoms with E-state index in [0.29, 0.717) is 31.3 Å². The summed E-state index contributed by atoms with van der Waals surface area (Å²) in [6.45, 7) is 3.75. The quantitative estimate of drug-likeness (QED) is 0.572. The van der Waals surface area contributed by atoms with Crippen LogP contribution < -0.4 is 5.32 Å². The van der Waals surface area contributed by atoms with E-state index in [9.17, 15) is 8.42 Å². The van der Waals surface area contributed by atoms with E-state index in [1.807, 2.05) is 19.0 Å². The van der Waals surface area contributed by atoms with Gasteiger partial charge < -0.3 is 15.1 Å². The van der Waals surface area contributed by atoms with Crippen molar-refractivity contribution >= 4 is 39.0 Å². The Bertz CT molecular complexity index is 689. The maximum Gasteiger partial charge on any atom is 0.244 e. The van der Waals surface area contributed by atoms with E-state index in [1.165, 1.54) is 4.31 Å². The SMILES string of the molecule is CN(C)CCCNC(=S)N1CCN(S(=O)(=O)c2ccccc2Cl)CC1. The van der Waals surface area contributed by atoms with Crippen molar-refractivity contribution in [3.63, 3.8) is 0 Å². The summed E-state index contributed by atoms with van der Waals surface area (Å²) >= 11 is 11.5. The van der Waals surface area contributed by atoms with Crippen LogP contribution in [0.5, 0.6) is 0 Å². The summed E-state index contributed by atoms with van der Waals surface area (Å²) in [6, 6.07) is 6.54. The van der Waals surface area contributed by atoms with Gasteiger partial charge in [0.2, 0.25) is 10.0 Å². The number of nitrogens with one attached hydrogen (secondary N) is 1. The third-order valence-corrected chi connectivity index (χ3v) is 6.84. The van der Waals surface area contributed by atoms with Crippen LogP contribution in [0.1, 0.15) is 6.42 Å². The maximum absolute atomic E-state index is 12.7. The highest BCUT2D eigenvalue weighted by Crippen LogP contribution is 2.24. The Morgan fingerprint density at radius 3 is 2.48 bits per heavy atom. The maximum atomic E-state index is 12.7. The minimum Gasteiger partial charge on any atom is -0.363 e. The number of thiocarbonyl (C=S) groups is 1. The summed E-state index contributed by atoms with van der Waals surface area (Å²) in [5, 5.41) is 4.18. The van der Waals surface area contributed by atoms with Gasteiger partial charge >= 0.3 is 0 Å². The molecular weight excluding hydrogens is 380 g/mol. The molecule has 0 bridgehead atoms.